The molecule has 0 spiro atoms. The summed E-state index contributed by atoms with van der Waals surface area (Å²) in [5.74, 6) is -0.299. The van der Waals surface area contributed by atoms with E-state index in [1.807, 2.05) is 13.8 Å². The normalized spacial score (nSPS) is 9.58. The first kappa shape index (κ1) is 11.2. The van der Waals surface area contributed by atoms with Crippen LogP contribution in [0, 0.1) is 0 Å². The summed E-state index contributed by atoms with van der Waals surface area (Å²) in [5, 5.41) is 0. The van der Waals surface area contributed by atoms with Crippen LogP contribution in [0.3, 0.4) is 0 Å². The maximum atomic E-state index is 10.9. The number of hydrogen-bond acceptors (Lipinski definition) is 2. The van der Waals surface area contributed by atoms with Gasteiger partial charge in [0.05, 0.1) is 0 Å². The first-order chi connectivity index (χ1) is 5.59. The minimum Gasteiger partial charge on any atom is -0.366 e. The number of carbonyl (C=O) groups is 1. The van der Waals surface area contributed by atoms with Gasteiger partial charge in [0.15, 0.2) is 0 Å². The van der Waals surface area contributed by atoms with Crippen LogP contribution in [0.25, 0.3) is 0 Å². The van der Waals surface area contributed by atoms with Crippen molar-refractivity contribution in [3.05, 3.63) is 11.1 Å². The molecule has 1 amide bonds. The zero-order valence-electron chi connectivity index (χ0n) is 7.89. The molecule has 0 aromatic heterocycles. The second-order valence-electron chi connectivity index (χ2n) is 3.09. The molecular weight excluding hydrogens is 152 g/mol. The van der Waals surface area contributed by atoms with Crippen LogP contribution in [0.1, 0.15) is 33.1 Å². The molecule has 0 fully saturated rings. The number of unbranched alkanes of at least 4 members (excludes halogenated alkanes) is 1. The standard InChI is InChI=1S/C9H18N2O/c1-7(2)8(9(11)12)5-3-4-6-10/h3-6,10H2,1-2H3,(H2,11,12). The van der Waals surface area contributed by atoms with Crippen LogP contribution in [0.4, 0.5) is 0 Å². The van der Waals surface area contributed by atoms with Crippen LogP contribution >= 0.6 is 0 Å². The molecule has 0 aromatic carbocycles. The molecule has 0 aliphatic rings. The van der Waals surface area contributed by atoms with Crippen molar-refractivity contribution in [2.75, 3.05) is 6.54 Å². The fourth-order valence-corrected chi connectivity index (χ4v) is 1.07. The number of allylic oxidation sites excluding steroid dienone is 1. The zero-order chi connectivity index (χ0) is 9.56. The molecule has 70 valence electrons. The molecule has 3 nitrogen and oxygen atoms in total. The SMILES string of the molecule is CC(C)=C(CCCCN)C(N)=O. The van der Waals surface area contributed by atoms with E-state index in [2.05, 4.69) is 0 Å². The lowest BCUT2D eigenvalue weighted by Crippen LogP contribution is -2.15. The van der Waals surface area contributed by atoms with E-state index in [1.54, 1.807) is 0 Å². The molecule has 0 rings (SSSR count). The van der Waals surface area contributed by atoms with E-state index in [1.165, 1.54) is 0 Å². The Morgan fingerprint density at radius 3 is 2.17 bits per heavy atom. The van der Waals surface area contributed by atoms with Gasteiger partial charge in [-0.2, -0.15) is 0 Å². The number of rotatable bonds is 5. The predicted molar refractivity (Wildman–Crippen MR) is 50.5 cm³/mol. The van der Waals surface area contributed by atoms with Crippen molar-refractivity contribution in [2.45, 2.75) is 33.1 Å². The van der Waals surface area contributed by atoms with E-state index in [-0.39, 0.29) is 5.91 Å². The lowest BCUT2D eigenvalue weighted by atomic mass is 10.0. The Kier molecular flexibility index (Phi) is 5.37. The van der Waals surface area contributed by atoms with Gasteiger partial charge >= 0.3 is 0 Å². The number of primary amides is 1. The Hall–Kier alpha value is -0.830. The summed E-state index contributed by atoms with van der Waals surface area (Å²) in [6.07, 6.45) is 2.65. The van der Waals surface area contributed by atoms with Gasteiger partial charge in [-0.05, 0) is 39.7 Å². The third-order valence-electron chi connectivity index (χ3n) is 1.78. The van der Waals surface area contributed by atoms with Crippen molar-refractivity contribution in [1.82, 2.24) is 0 Å². The van der Waals surface area contributed by atoms with E-state index in [9.17, 15) is 4.79 Å². The summed E-state index contributed by atoms with van der Waals surface area (Å²) in [4.78, 5) is 10.9. The molecule has 12 heavy (non-hydrogen) atoms. The molecule has 0 saturated heterocycles. The maximum absolute atomic E-state index is 10.9. The largest absolute Gasteiger partial charge is 0.366 e. The van der Waals surface area contributed by atoms with E-state index in [0.717, 1.165) is 30.4 Å². The third-order valence-corrected chi connectivity index (χ3v) is 1.78. The van der Waals surface area contributed by atoms with Gasteiger partial charge in [0.1, 0.15) is 0 Å². The molecule has 4 N–H and O–H groups in total. The lowest BCUT2D eigenvalue weighted by Gasteiger charge is -2.04. The fraction of sp³-hybridized carbons (Fsp3) is 0.667. The van der Waals surface area contributed by atoms with Crippen LogP contribution in [0.15, 0.2) is 11.1 Å². The molecule has 0 aromatic rings. The molecule has 0 aliphatic carbocycles. The first-order valence-corrected chi connectivity index (χ1v) is 4.25. The van der Waals surface area contributed by atoms with Gasteiger partial charge in [0.25, 0.3) is 0 Å². The number of amides is 1. The Morgan fingerprint density at radius 2 is 1.83 bits per heavy atom. The summed E-state index contributed by atoms with van der Waals surface area (Å²) < 4.78 is 0. The van der Waals surface area contributed by atoms with Crippen molar-refractivity contribution in [1.29, 1.82) is 0 Å². The minimum atomic E-state index is -0.299. The Bertz CT molecular complexity index is 181. The van der Waals surface area contributed by atoms with Crippen LogP contribution in [0.2, 0.25) is 0 Å². The highest BCUT2D eigenvalue weighted by Crippen LogP contribution is 2.11. The van der Waals surface area contributed by atoms with E-state index in [4.69, 9.17) is 11.5 Å². The average Bonchev–Trinajstić information content (AvgIpc) is 1.96. The predicted octanol–water partition coefficient (Wildman–Crippen LogP) is 0.937. The second-order valence-corrected chi connectivity index (χ2v) is 3.09. The van der Waals surface area contributed by atoms with E-state index in [0.29, 0.717) is 6.54 Å². The molecule has 0 atom stereocenters. The van der Waals surface area contributed by atoms with Gasteiger partial charge < -0.3 is 11.5 Å². The van der Waals surface area contributed by atoms with Gasteiger partial charge in [0, 0.05) is 5.57 Å². The van der Waals surface area contributed by atoms with Gasteiger partial charge in [0.2, 0.25) is 5.91 Å². The fourth-order valence-electron chi connectivity index (χ4n) is 1.07. The number of hydrogen-bond donors (Lipinski definition) is 2. The molecule has 3 heteroatoms. The van der Waals surface area contributed by atoms with Crippen LogP contribution in [-0.2, 0) is 4.79 Å². The van der Waals surface area contributed by atoms with Crippen molar-refractivity contribution >= 4 is 5.91 Å². The highest BCUT2D eigenvalue weighted by molar-refractivity contribution is 5.92. The monoisotopic (exact) mass is 170 g/mol. The molecule has 0 aliphatic heterocycles. The van der Waals surface area contributed by atoms with Gasteiger partial charge in [-0.25, -0.2) is 0 Å². The van der Waals surface area contributed by atoms with Crippen LogP contribution in [0.5, 0.6) is 0 Å². The highest BCUT2D eigenvalue weighted by atomic mass is 16.1. The Labute approximate surface area is 73.8 Å². The van der Waals surface area contributed by atoms with E-state index < -0.39 is 0 Å². The minimum absolute atomic E-state index is 0.299. The van der Waals surface area contributed by atoms with Crippen LogP contribution in [-0.4, -0.2) is 12.5 Å². The van der Waals surface area contributed by atoms with Crippen molar-refractivity contribution < 1.29 is 4.79 Å². The molecule has 0 unspecified atom stereocenters. The van der Waals surface area contributed by atoms with Crippen molar-refractivity contribution in [2.24, 2.45) is 11.5 Å². The van der Waals surface area contributed by atoms with Gasteiger partial charge in [-0.3, -0.25) is 4.79 Å². The maximum Gasteiger partial charge on any atom is 0.244 e. The zero-order valence-corrected chi connectivity index (χ0v) is 7.89. The second kappa shape index (κ2) is 5.77. The molecule has 0 bridgehead atoms. The lowest BCUT2D eigenvalue weighted by molar-refractivity contribution is -0.114. The smallest absolute Gasteiger partial charge is 0.244 e. The van der Waals surface area contributed by atoms with Gasteiger partial charge in [-0.15, -0.1) is 0 Å². The van der Waals surface area contributed by atoms with Gasteiger partial charge in [-0.1, -0.05) is 5.57 Å². The summed E-state index contributed by atoms with van der Waals surface area (Å²) in [6.45, 7) is 4.49. The summed E-state index contributed by atoms with van der Waals surface area (Å²) in [6, 6.07) is 0. The van der Waals surface area contributed by atoms with E-state index >= 15 is 0 Å². The first-order valence-electron chi connectivity index (χ1n) is 4.25. The quantitative estimate of drug-likeness (QED) is 0.476. The average molecular weight is 170 g/mol. The third kappa shape index (κ3) is 4.13. The Balaban J connectivity index is 4.00. The highest BCUT2D eigenvalue weighted by Gasteiger charge is 2.05. The van der Waals surface area contributed by atoms with Crippen LogP contribution < -0.4 is 11.5 Å². The topological polar surface area (TPSA) is 69.1 Å². The summed E-state index contributed by atoms with van der Waals surface area (Å²) in [5.41, 5.74) is 12.3. The molecule has 0 radical (unpaired) electrons. The number of nitrogens with two attached hydrogens (primary N) is 2. The molecular formula is C9H18N2O. The summed E-state index contributed by atoms with van der Waals surface area (Å²) >= 11 is 0. The molecule has 0 heterocycles. The molecule has 0 saturated carbocycles. The Morgan fingerprint density at radius 1 is 1.25 bits per heavy atom. The number of carbonyl (C=O) groups excluding carboxylic acids is 1. The van der Waals surface area contributed by atoms with Crippen molar-refractivity contribution in [3.63, 3.8) is 0 Å². The summed E-state index contributed by atoms with van der Waals surface area (Å²) in [7, 11) is 0. The van der Waals surface area contributed by atoms with Crippen molar-refractivity contribution in [3.8, 4) is 0 Å².